The summed E-state index contributed by atoms with van der Waals surface area (Å²) in [5.41, 5.74) is 0.723. The SMILES string of the molecule is CCOc1cccc(C(=O)OCC(CCOC)OC(=O)c2cccc(OCC)c2)c1. The van der Waals surface area contributed by atoms with Gasteiger partial charge in [0.2, 0.25) is 0 Å². The molecule has 7 nitrogen and oxygen atoms in total. The third kappa shape index (κ3) is 7.40. The van der Waals surface area contributed by atoms with Crippen LogP contribution < -0.4 is 9.47 Å². The topological polar surface area (TPSA) is 80.3 Å². The summed E-state index contributed by atoms with van der Waals surface area (Å²) >= 11 is 0. The molecule has 0 aliphatic carbocycles. The highest BCUT2D eigenvalue weighted by molar-refractivity contribution is 5.90. The van der Waals surface area contributed by atoms with Gasteiger partial charge in [-0.25, -0.2) is 9.59 Å². The summed E-state index contributed by atoms with van der Waals surface area (Å²) in [5.74, 6) is 0.130. The predicted molar refractivity (Wildman–Crippen MR) is 111 cm³/mol. The lowest BCUT2D eigenvalue weighted by molar-refractivity contribution is -0.00890. The fourth-order valence-electron chi connectivity index (χ4n) is 2.66. The van der Waals surface area contributed by atoms with Crippen LogP contribution in [0.3, 0.4) is 0 Å². The molecule has 30 heavy (non-hydrogen) atoms. The van der Waals surface area contributed by atoms with Crippen molar-refractivity contribution in [3.63, 3.8) is 0 Å². The molecular weight excluding hydrogens is 388 g/mol. The van der Waals surface area contributed by atoms with Gasteiger partial charge in [0.25, 0.3) is 0 Å². The summed E-state index contributed by atoms with van der Waals surface area (Å²) in [6, 6.07) is 13.5. The molecule has 0 saturated carbocycles. The minimum absolute atomic E-state index is 0.0854. The Hall–Kier alpha value is -3.06. The van der Waals surface area contributed by atoms with E-state index < -0.39 is 18.0 Å². The van der Waals surface area contributed by atoms with E-state index in [2.05, 4.69) is 0 Å². The molecule has 2 rings (SSSR count). The number of ether oxygens (including phenoxy) is 5. The number of esters is 2. The second-order valence-corrected chi connectivity index (χ2v) is 6.33. The molecule has 1 atom stereocenters. The maximum atomic E-state index is 12.5. The summed E-state index contributed by atoms with van der Waals surface area (Å²) in [4.78, 5) is 24.9. The van der Waals surface area contributed by atoms with Crippen molar-refractivity contribution in [1.29, 1.82) is 0 Å². The standard InChI is InChI=1S/C23H28O7/c1-4-27-19-10-6-8-17(14-19)22(24)29-16-21(12-13-26-3)30-23(25)18-9-7-11-20(15-18)28-5-2/h6-11,14-15,21H,4-5,12-13,16H2,1-3H3. The Morgan fingerprint density at radius 1 is 0.867 bits per heavy atom. The molecule has 0 bridgehead atoms. The van der Waals surface area contributed by atoms with Gasteiger partial charge in [0, 0.05) is 20.1 Å². The van der Waals surface area contributed by atoms with Gasteiger partial charge >= 0.3 is 11.9 Å². The smallest absolute Gasteiger partial charge is 0.338 e. The van der Waals surface area contributed by atoms with E-state index in [9.17, 15) is 9.59 Å². The Kier molecular flexibility index (Phi) is 9.67. The quantitative estimate of drug-likeness (QED) is 0.485. The third-order valence-electron chi connectivity index (χ3n) is 4.08. The number of hydrogen-bond donors (Lipinski definition) is 0. The van der Waals surface area contributed by atoms with E-state index in [-0.39, 0.29) is 6.61 Å². The number of benzene rings is 2. The Morgan fingerprint density at radius 3 is 1.97 bits per heavy atom. The molecule has 0 saturated heterocycles. The maximum Gasteiger partial charge on any atom is 0.338 e. The minimum atomic E-state index is -0.646. The highest BCUT2D eigenvalue weighted by Gasteiger charge is 2.19. The monoisotopic (exact) mass is 416 g/mol. The number of carbonyl (C=O) groups excluding carboxylic acids is 2. The van der Waals surface area contributed by atoms with Crippen LogP contribution in [0, 0.1) is 0 Å². The first-order valence-corrected chi connectivity index (χ1v) is 9.90. The molecule has 0 aliphatic heterocycles. The average Bonchev–Trinajstić information content (AvgIpc) is 2.76. The van der Waals surface area contributed by atoms with Crippen molar-refractivity contribution in [2.24, 2.45) is 0 Å². The van der Waals surface area contributed by atoms with Gasteiger partial charge < -0.3 is 23.7 Å². The summed E-state index contributed by atoms with van der Waals surface area (Å²) < 4.78 is 26.8. The van der Waals surface area contributed by atoms with Crippen molar-refractivity contribution in [2.45, 2.75) is 26.4 Å². The molecule has 0 N–H and O–H groups in total. The number of methoxy groups -OCH3 is 1. The van der Waals surface area contributed by atoms with Crippen molar-refractivity contribution < 1.29 is 33.3 Å². The van der Waals surface area contributed by atoms with E-state index >= 15 is 0 Å². The highest BCUT2D eigenvalue weighted by Crippen LogP contribution is 2.17. The Labute approximate surface area is 176 Å². The lowest BCUT2D eigenvalue weighted by atomic mass is 10.2. The third-order valence-corrected chi connectivity index (χ3v) is 4.08. The lowest BCUT2D eigenvalue weighted by Crippen LogP contribution is -2.26. The van der Waals surface area contributed by atoms with Crippen LogP contribution in [-0.4, -0.2) is 51.6 Å². The van der Waals surface area contributed by atoms with Crippen molar-refractivity contribution in [3.05, 3.63) is 59.7 Å². The van der Waals surface area contributed by atoms with Crippen LogP contribution in [0.5, 0.6) is 11.5 Å². The fraction of sp³-hybridized carbons (Fsp3) is 0.391. The van der Waals surface area contributed by atoms with Gasteiger partial charge in [-0.2, -0.15) is 0 Å². The number of carbonyl (C=O) groups is 2. The fourth-order valence-corrected chi connectivity index (χ4v) is 2.66. The van der Waals surface area contributed by atoms with Crippen molar-refractivity contribution >= 4 is 11.9 Å². The zero-order valence-corrected chi connectivity index (χ0v) is 17.6. The number of hydrogen-bond acceptors (Lipinski definition) is 7. The van der Waals surface area contributed by atoms with Crippen molar-refractivity contribution in [1.82, 2.24) is 0 Å². The Morgan fingerprint density at radius 2 is 1.43 bits per heavy atom. The molecule has 0 radical (unpaired) electrons. The van der Waals surface area contributed by atoms with E-state index in [4.69, 9.17) is 23.7 Å². The molecule has 7 heteroatoms. The minimum Gasteiger partial charge on any atom is -0.494 e. The van der Waals surface area contributed by atoms with E-state index in [1.54, 1.807) is 55.6 Å². The van der Waals surface area contributed by atoms with Gasteiger partial charge in [0.05, 0.1) is 24.3 Å². The van der Waals surface area contributed by atoms with Crippen molar-refractivity contribution in [3.8, 4) is 11.5 Å². The van der Waals surface area contributed by atoms with Crippen LogP contribution in [0.25, 0.3) is 0 Å². The van der Waals surface area contributed by atoms with Gasteiger partial charge in [-0.05, 0) is 50.2 Å². The molecule has 2 aromatic carbocycles. The first kappa shape index (κ1) is 23.2. The average molecular weight is 416 g/mol. The van der Waals surface area contributed by atoms with Gasteiger partial charge in [0.15, 0.2) is 0 Å². The van der Waals surface area contributed by atoms with Gasteiger partial charge in [0.1, 0.15) is 24.2 Å². The largest absolute Gasteiger partial charge is 0.494 e. The summed E-state index contributed by atoms with van der Waals surface area (Å²) in [6.07, 6.45) is -0.258. The molecule has 0 spiro atoms. The van der Waals surface area contributed by atoms with Crippen LogP contribution in [-0.2, 0) is 14.2 Å². The molecule has 1 unspecified atom stereocenters. The molecule has 162 valence electrons. The maximum absolute atomic E-state index is 12.5. The van der Waals surface area contributed by atoms with Crippen LogP contribution in [0.2, 0.25) is 0 Å². The first-order valence-electron chi connectivity index (χ1n) is 9.90. The van der Waals surface area contributed by atoms with Crippen LogP contribution in [0.1, 0.15) is 41.0 Å². The summed E-state index contributed by atoms with van der Waals surface area (Å²) in [6.45, 7) is 4.99. The lowest BCUT2D eigenvalue weighted by Gasteiger charge is -2.18. The van der Waals surface area contributed by atoms with Gasteiger partial charge in [-0.1, -0.05) is 12.1 Å². The molecule has 0 aliphatic rings. The van der Waals surface area contributed by atoms with E-state index in [0.29, 0.717) is 48.9 Å². The van der Waals surface area contributed by atoms with E-state index in [1.807, 2.05) is 13.8 Å². The molecular formula is C23H28O7. The molecule has 2 aromatic rings. The van der Waals surface area contributed by atoms with Gasteiger partial charge in [-0.15, -0.1) is 0 Å². The Bertz CT molecular complexity index is 819. The second-order valence-electron chi connectivity index (χ2n) is 6.33. The predicted octanol–water partition coefficient (Wildman–Crippen LogP) is 3.90. The summed E-state index contributed by atoms with van der Waals surface area (Å²) in [7, 11) is 1.55. The van der Waals surface area contributed by atoms with Crippen LogP contribution in [0.15, 0.2) is 48.5 Å². The molecule has 0 amide bonds. The molecule has 0 fully saturated rings. The molecule has 0 heterocycles. The van der Waals surface area contributed by atoms with Crippen molar-refractivity contribution in [2.75, 3.05) is 33.5 Å². The van der Waals surface area contributed by atoms with Gasteiger partial charge in [-0.3, -0.25) is 0 Å². The van der Waals surface area contributed by atoms with Crippen LogP contribution in [0.4, 0.5) is 0 Å². The highest BCUT2D eigenvalue weighted by atomic mass is 16.6. The van der Waals surface area contributed by atoms with E-state index in [0.717, 1.165) is 0 Å². The second kappa shape index (κ2) is 12.5. The van der Waals surface area contributed by atoms with Crippen LogP contribution >= 0.6 is 0 Å². The van der Waals surface area contributed by atoms with E-state index in [1.165, 1.54) is 0 Å². The zero-order valence-electron chi connectivity index (χ0n) is 17.6. The zero-order chi connectivity index (χ0) is 21.8. The Balaban J connectivity index is 1.99. The number of rotatable bonds is 12. The normalized spacial score (nSPS) is 11.4. The summed E-state index contributed by atoms with van der Waals surface area (Å²) in [5, 5.41) is 0. The molecule has 0 aromatic heterocycles. The first-order chi connectivity index (χ1) is 14.6.